The molecule has 0 radical (unpaired) electrons. The Bertz CT molecular complexity index is 761. The molecular weight excluding hydrogens is 338 g/mol. The van der Waals surface area contributed by atoms with Crippen LogP contribution in [0.4, 0.5) is 5.82 Å². The Morgan fingerprint density at radius 1 is 1.26 bits per heavy atom. The van der Waals surface area contributed by atoms with Gasteiger partial charge < -0.3 is 15.1 Å². The Kier molecular flexibility index (Phi) is 7.21. The molecule has 2 heterocycles. The van der Waals surface area contributed by atoms with Crippen molar-refractivity contribution in [2.75, 3.05) is 32.6 Å². The van der Waals surface area contributed by atoms with Gasteiger partial charge in [0.05, 0.1) is 12.2 Å². The zero-order chi connectivity index (χ0) is 20.0. The molecule has 0 unspecified atom stereocenters. The Labute approximate surface area is 163 Å². The fraction of sp³-hybridized carbons (Fsp3) is 0.550. The molecule has 2 rings (SSSR count). The fourth-order valence-corrected chi connectivity index (χ4v) is 3.08. The standard InChI is InChI=1S/C20H33N7/c1-8-21-20(23-12-16-10-9-11-22-19(16)25(4)5)26(6)13-17-14-27(7)24-18(17)15(2)3/h9-11,14-15H,8,12-13H2,1-7H3,(H,21,23). The molecule has 2 aromatic rings. The minimum Gasteiger partial charge on any atom is -0.362 e. The molecule has 0 amide bonds. The van der Waals surface area contributed by atoms with Gasteiger partial charge in [-0.1, -0.05) is 19.9 Å². The van der Waals surface area contributed by atoms with Crippen molar-refractivity contribution < 1.29 is 0 Å². The number of hydrogen-bond donors (Lipinski definition) is 1. The number of aryl methyl sites for hydroxylation is 1. The SMILES string of the molecule is CCNC(=NCc1cccnc1N(C)C)N(C)Cc1cn(C)nc1C(C)C. The Balaban J connectivity index is 2.20. The summed E-state index contributed by atoms with van der Waals surface area (Å²) in [4.78, 5) is 13.5. The van der Waals surface area contributed by atoms with E-state index in [9.17, 15) is 0 Å². The molecular formula is C20H33N7. The van der Waals surface area contributed by atoms with Gasteiger partial charge in [-0.3, -0.25) is 4.68 Å². The van der Waals surface area contributed by atoms with Crippen LogP contribution in [-0.2, 0) is 20.1 Å². The first-order chi connectivity index (χ1) is 12.8. The summed E-state index contributed by atoms with van der Waals surface area (Å²) in [6.45, 7) is 8.61. The predicted molar refractivity (Wildman–Crippen MR) is 112 cm³/mol. The highest BCUT2D eigenvalue weighted by molar-refractivity contribution is 5.79. The van der Waals surface area contributed by atoms with Gasteiger partial charge >= 0.3 is 0 Å². The monoisotopic (exact) mass is 371 g/mol. The van der Waals surface area contributed by atoms with Gasteiger partial charge in [0.15, 0.2) is 5.96 Å². The third kappa shape index (κ3) is 5.45. The molecule has 0 fully saturated rings. The van der Waals surface area contributed by atoms with E-state index in [0.29, 0.717) is 12.5 Å². The molecule has 0 aliphatic heterocycles. The normalized spacial score (nSPS) is 11.8. The molecule has 7 heteroatoms. The topological polar surface area (TPSA) is 61.6 Å². The Hall–Kier alpha value is -2.57. The van der Waals surface area contributed by atoms with E-state index in [-0.39, 0.29) is 0 Å². The number of pyridine rings is 1. The Morgan fingerprint density at radius 2 is 2.00 bits per heavy atom. The van der Waals surface area contributed by atoms with E-state index < -0.39 is 0 Å². The molecule has 1 N–H and O–H groups in total. The minimum absolute atomic E-state index is 0.396. The molecule has 0 atom stereocenters. The molecule has 0 spiro atoms. The van der Waals surface area contributed by atoms with Crippen LogP contribution in [0.2, 0.25) is 0 Å². The highest BCUT2D eigenvalue weighted by Gasteiger charge is 2.15. The number of nitrogens with zero attached hydrogens (tertiary/aromatic N) is 6. The number of rotatable bonds is 7. The van der Waals surface area contributed by atoms with Crippen molar-refractivity contribution in [1.29, 1.82) is 0 Å². The number of aromatic nitrogens is 3. The van der Waals surface area contributed by atoms with Gasteiger partial charge in [-0.15, -0.1) is 0 Å². The average Bonchev–Trinajstić information content (AvgIpc) is 2.99. The minimum atomic E-state index is 0.396. The summed E-state index contributed by atoms with van der Waals surface area (Å²) in [6.07, 6.45) is 3.91. The summed E-state index contributed by atoms with van der Waals surface area (Å²) in [5, 5.41) is 8.00. The van der Waals surface area contributed by atoms with Crippen LogP contribution in [0.5, 0.6) is 0 Å². The van der Waals surface area contributed by atoms with Crippen molar-refractivity contribution in [2.45, 2.75) is 39.8 Å². The zero-order valence-electron chi connectivity index (χ0n) is 17.7. The van der Waals surface area contributed by atoms with Crippen LogP contribution in [0.3, 0.4) is 0 Å². The molecule has 0 saturated heterocycles. The first-order valence-electron chi connectivity index (χ1n) is 9.46. The van der Waals surface area contributed by atoms with Gasteiger partial charge in [0.1, 0.15) is 5.82 Å². The number of nitrogens with one attached hydrogen (secondary N) is 1. The summed E-state index contributed by atoms with van der Waals surface area (Å²) in [7, 11) is 8.04. The second-order valence-corrected chi connectivity index (χ2v) is 7.27. The third-order valence-corrected chi connectivity index (χ3v) is 4.28. The van der Waals surface area contributed by atoms with Crippen LogP contribution in [0.25, 0.3) is 0 Å². The number of anilines is 1. The number of aliphatic imine (C=N–C) groups is 1. The lowest BCUT2D eigenvalue weighted by Crippen LogP contribution is -2.38. The quantitative estimate of drug-likeness (QED) is 0.599. The van der Waals surface area contributed by atoms with E-state index in [1.807, 2.05) is 43.0 Å². The third-order valence-electron chi connectivity index (χ3n) is 4.28. The first-order valence-corrected chi connectivity index (χ1v) is 9.46. The number of guanidine groups is 1. The van der Waals surface area contributed by atoms with Crippen LogP contribution in [0.1, 0.15) is 43.5 Å². The summed E-state index contributed by atoms with van der Waals surface area (Å²) in [6, 6.07) is 4.03. The maximum atomic E-state index is 4.84. The van der Waals surface area contributed by atoms with Crippen molar-refractivity contribution >= 4 is 11.8 Å². The van der Waals surface area contributed by atoms with Gasteiger partial charge in [-0.05, 0) is 18.9 Å². The summed E-state index contributed by atoms with van der Waals surface area (Å²) in [5.41, 5.74) is 3.48. The van der Waals surface area contributed by atoms with Crippen LogP contribution in [-0.4, -0.2) is 53.3 Å². The van der Waals surface area contributed by atoms with Gasteiger partial charge in [-0.25, -0.2) is 9.98 Å². The molecule has 148 valence electrons. The van der Waals surface area contributed by atoms with E-state index in [0.717, 1.165) is 36.1 Å². The van der Waals surface area contributed by atoms with E-state index >= 15 is 0 Å². The fourth-order valence-electron chi connectivity index (χ4n) is 3.08. The van der Waals surface area contributed by atoms with Crippen molar-refractivity contribution in [3.8, 4) is 0 Å². The van der Waals surface area contributed by atoms with Crippen LogP contribution < -0.4 is 10.2 Å². The summed E-state index contributed by atoms with van der Waals surface area (Å²) in [5.74, 6) is 2.23. The van der Waals surface area contributed by atoms with Crippen LogP contribution in [0, 0.1) is 0 Å². The lowest BCUT2D eigenvalue weighted by atomic mass is 10.1. The number of hydrogen-bond acceptors (Lipinski definition) is 4. The van der Waals surface area contributed by atoms with Crippen molar-refractivity contribution in [3.05, 3.63) is 41.3 Å². The van der Waals surface area contributed by atoms with E-state index in [1.54, 1.807) is 0 Å². The highest BCUT2D eigenvalue weighted by Crippen LogP contribution is 2.19. The van der Waals surface area contributed by atoms with E-state index in [1.165, 1.54) is 5.56 Å². The maximum Gasteiger partial charge on any atom is 0.194 e. The van der Waals surface area contributed by atoms with Crippen molar-refractivity contribution in [3.63, 3.8) is 0 Å². The molecule has 0 bridgehead atoms. The lowest BCUT2D eigenvalue weighted by Gasteiger charge is -2.23. The van der Waals surface area contributed by atoms with Crippen molar-refractivity contribution in [2.24, 2.45) is 12.0 Å². The van der Waals surface area contributed by atoms with Gasteiger partial charge in [0.2, 0.25) is 0 Å². The van der Waals surface area contributed by atoms with Gasteiger partial charge in [0, 0.05) is 64.8 Å². The zero-order valence-corrected chi connectivity index (χ0v) is 17.7. The molecule has 7 nitrogen and oxygen atoms in total. The molecule has 2 aromatic heterocycles. The molecule has 0 saturated carbocycles. The average molecular weight is 372 g/mol. The lowest BCUT2D eigenvalue weighted by molar-refractivity contribution is 0.473. The molecule has 0 aliphatic rings. The van der Waals surface area contributed by atoms with E-state index in [4.69, 9.17) is 4.99 Å². The molecule has 0 aromatic carbocycles. The highest BCUT2D eigenvalue weighted by atomic mass is 15.3. The maximum absolute atomic E-state index is 4.84. The molecule has 0 aliphatic carbocycles. The van der Waals surface area contributed by atoms with Crippen molar-refractivity contribution in [1.82, 2.24) is 25.0 Å². The van der Waals surface area contributed by atoms with Gasteiger partial charge in [0.25, 0.3) is 0 Å². The second kappa shape index (κ2) is 9.39. The Morgan fingerprint density at radius 3 is 2.63 bits per heavy atom. The predicted octanol–water partition coefficient (Wildman–Crippen LogP) is 2.60. The first kappa shape index (κ1) is 20.7. The van der Waals surface area contributed by atoms with Gasteiger partial charge in [-0.2, -0.15) is 5.10 Å². The summed E-state index contributed by atoms with van der Waals surface area (Å²) < 4.78 is 1.89. The largest absolute Gasteiger partial charge is 0.362 e. The summed E-state index contributed by atoms with van der Waals surface area (Å²) >= 11 is 0. The second-order valence-electron chi connectivity index (χ2n) is 7.27. The van der Waals surface area contributed by atoms with Crippen LogP contribution in [0.15, 0.2) is 29.5 Å². The smallest absolute Gasteiger partial charge is 0.194 e. The van der Waals surface area contributed by atoms with Crippen LogP contribution >= 0.6 is 0 Å². The molecule has 27 heavy (non-hydrogen) atoms. The van der Waals surface area contributed by atoms with E-state index in [2.05, 4.69) is 60.4 Å².